The van der Waals surface area contributed by atoms with Gasteiger partial charge in [-0.15, -0.1) is 17.9 Å². The first-order valence-corrected chi connectivity index (χ1v) is 11.8. The summed E-state index contributed by atoms with van der Waals surface area (Å²) < 4.78 is 0. The molecule has 1 aromatic carbocycles. The molecule has 1 fully saturated rings. The van der Waals surface area contributed by atoms with Gasteiger partial charge in [-0.25, -0.2) is 0 Å². The van der Waals surface area contributed by atoms with E-state index >= 15 is 0 Å². The number of nitrogens with zero attached hydrogens (tertiary/aromatic N) is 2. The minimum absolute atomic E-state index is 0.0247. The van der Waals surface area contributed by atoms with E-state index in [0.29, 0.717) is 32.0 Å². The lowest BCUT2D eigenvalue weighted by Gasteiger charge is -2.27. The summed E-state index contributed by atoms with van der Waals surface area (Å²) >= 11 is 1.65. The van der Waals surface area contributed by atoms with E-state index in [-0.39, 0.29) is 18.4 Å². The maximum atomic E-state index is 13.2. The van der Waals surface area contributed by atoms with Crippen molar-refractivity contribution < 1.29 is 9.59 Å². The van der Waals surface area contributed by atoms with Crippen molar-refractivity contribution >= 4 is 23.2 Å². The minimum Gasteiger partial charge on any atom is -0.332 e. The predicted molar refractivity (Wildman–Crippen MR) is 123 cm³/mol. The molecule has 0 N–H and O–H groups in total. The summed E-state index contributed by atoms with van der Waals surface area (Å²) in [5.41, 5.74) is 1.09. The van der Waals surface area contributed by atoms with E-state index in [1.54, 1.807) is 22.3 Å². The largest absolute Gasteiger partial charge is 0.332 e. The lowest BCUT2D eigenvalue weighted by molar-refractivity contribution is -0.141. The van der Waals surface area contributed by atoms with Crippen LogP contribution in [-0.4, -0.2) is 34.7 Å². The summed E-state index contributed by atoms with van der Waals surface area (Å²) in [4.78, 5) is 30.7. The molecular weight excluding hydrogens is 392 g/mol. The van der Waals surface area contributed by atoms with Gasteiger partial charge in [0, 0.05) is 24.4 Å². The molecule has 2 amide bonds. The van der Waals surface area contributed by atoms with Crippen LogP contribution >= 0.6 is 11.3 Å². The summed E-state index contributed by atoms with van der Waals surface area (Å²) in [5.74, 6) is 0.706. The second kappa shape index (κ2) is 11.7. The lowest BCUT2D eigenvalue weighted by Crippen LogP contribution is -2.42. The average molecular weight is 425 g/mol. The Kier molecular flexibility index (Phi) is 8.69. The van der Waals surface area contributed by atoms with Crippen LogP contribution in [0.15, 0.2) is 60.5 Å². The zero-order valence-electron chi connectivity index (χ0n) is 17.7. The maximum Gasteiger partial charge on any atom is 0.242 e. The molecule has 3 rings (SSSR count). The third kappa shape index (κ3) is 6.84. The second-order valence-electron chi connectivity index (χ2n) is 8.07. The van der Waals surface area contributed by atoms with E-state index in [0.717, 1.165) is 16.9 Å². The Bertz CT molecular complexity index is 798. The first kappa shape index (κ1) is 22.3. The van der Waals surface area contributed by atoms with Crippen molar-refractivity contribution in [1.82, 2.24) is 9.80 Å². The zero-order valence-corrected chi connectivity index (χ0v) is 18.5. The van der Waals surface area contributed by atoms with Crippen molar-refractivity contribution in [2.75, 3.05) is 13.1 Å². The van der Waals surface area contributed by atoms with Crippen LogP contribution in [0.25, 0.3) is 0 Å². The Labute approximate surface area is 184 Å². The molecule has 0 unspecified atom stereocenters. The summed E-state index contributed by atoms with van der Waals surface area (Å²) in [6.07, 6.45) is 8.20. The first-order chi connectivity index (χ1) is 14.7. The van der Waals surface area contributed by atoms with Crippen molar-refractivity contribution in [2.24, 2.45) is 5.92 Å². The fourth-order valence-corrected chi connectivity index (χ4v) is 4.80. The monoisotopic (exact) mass is 424 g/mol. The van der Waals surface area contributed by atoms with Crippen LogP contribution in [0, 0.1) is 5.92 Å². The van der Waals surface area contributed by atoms with E-state index in [1.165, 1.54) is 25.7 Å². The van der Waals surface area contributed by atoms with Gasteiger partial charge in [-0.3, -0.25) is 9.59 Å². The van der Waals surface area contributed by atoms with Gasteiger partial charge in [0.25, 0.3) is 0 Å². The zero-order chi connectivity index (χ0) is 21.2. The van der Waals surface area contributed by atoms with E-state index in [1.807, 2.05) is 52.7 Å². The first-order valence-electron chi connectivity index (χ1n) is 10.9. The molecule has 0 aliphatic heterocycles. The van der Waals surface area contributed by atoms with Gasteiger partial charge >= 0.3 is 0 Å². The lowest BCUT2D eigenvalue weighted by atomic mass is 10.0. The van der Waals surface area contributed by atoms with Crippen molar-refractivity contribution in [3.63, 3.8) is 0 Å². The third-order valence-corrected chi connectivity index (χ3v) is 6.63. The minimum atomic E-state index is -0.0247. The molecule has 0 bridgehead atoms. The number of carbonyl (C=O) groups is 2. The molecule has 1 saturated carbocycles. The van der Waals surface area contributed by atoms with Gasteiger partial charge < -0.3 is 9.80 Å². The molecule has 160 valence electrons. The topological polar surface area (TPSA) is 40.6 Å². The predicted octanol–water partition coefficient (Wildman–Crippen LogP) is 5.26. The summed E-state index contributed by atoms with van der Waals surface area (Å²) in [6, 6.07) is 14.1. The van der Waals surface area contributed by atoms with Gasteiger partial charge in [-0.2, -0.15) is 0 Å². The molecule has 30 heavy (non-hydrogen) atoms. The van der Waals surface area contributed by atoms with Gasteiger partial charge in [0.15, 0.2) is 0 Å². The van der Waals surface area contributed by atoms with Gasteiger partial charge in [-0.05, 0) is 29.3 Å². The Morgan fingerprint density at radius 3 is 2.43 bits per heavy atom. The van der Waals surface area contributed by atoms with E-state index in [9.17, 15) is 9.59 Å². The highest BCUT2D eigenvalue weighted by molar-refractivity contribution is 7.09. The quantitative estimate of drug-likeness (QED) is 0.462. The molecule has 0 saturated heterocycles. The Balaban J connectivity index is 1.64. The van der Waals surface area contributed by atoms with Crippen molar-refractivity contribution in [1.29, 1.82) is 0 Å². The van der Waals surface area contributed by atoms with E-state index in [2.05, 4.69) is 6.58 Å². The second-order valence-corrected chi connectivity index (χ2v) is 9.10. The number of hydrogen-bond acceptors (Lipinski definition) is 3. The summed E-state index contributed by atoms with van der Waals surface area (Å²) in [5, 5.41) is 2.02. The number of benzene rings is 1. The number of amides is 2. The van der Waals surface area contributed by atoms with Gasteiger partial charge in [0.05, 0.1) is 6.54 Å². The van der Waals surface area contributed by atoms with Gasteiger partial charge in [-0.1, -0.05) is 68.2 Å². The third-order valence-electron chi connectivity index (χ3n) is 5.77. The highest BCUT2D eigenvalue weighted by Crippen LogP contribution is 2.28. The van der Waals surface area contributed by atoms with Gasteiger partial charge in [0.1, 0.15) is 6.54 Å². The van der Waals surface area contributed by atoms with Crippen LogP contribution in [0.4, 0.5) is 0 Å². The molecule has 1 aliphatic rings. The molecule has 0 spiro atoms. The number of thiophene rings is 1. The molecule has 1 aromatic heterocycles. The highest BCUT2D eigenvalue weighted by Gasteiger charge is 2.23. The number of hydrogen-bond donors (Lipinski definition) is 0. The van der Waals surface area contributed by atoms with Crippen LogP contribution in [-0.2, 0) is 22.7 Å². The highest BCUT2D eigenvalue weighted by atomic mass is 32.1. The van der Waals surface area contributed by atoms with Crippen LogP contribution in [0.3, 0.4) is 0 Å². The standard InChI is InChI=1S/C25H32N2O2S/c1-2-16-26(24(28)15-14-21-9-6-7-10-21)20-25(29)27(19-23-13-8-17-30-23)18-22-11-4-3-5-12-22/h2-5,8,11-13,17,21H,1,6-7,9-10,14-16,18-20H2. The molecule has 1 heterocycles. The van der Waals surface area contributed by atoms with E-state index < -0.39 is 0 Å². The summed E-state index contributed by atoms with van der Waals surface area (Å²) in [6.45, 7) is 5.40. The molecule has 5 heteroatoms. The van der Waals surface area contributed by atoms with Crippen molar-refractivity contribution in [3.05, 3.63) is 70.9 Å². The SMILES string of the molecule is C=CCN(CC(=O)N(Cc1ccccc1)Cc1cccs1)C(=O)CCC1CCCC1. The van der Waals surface area contributed by atoms with Crippen LogP contribution < -0.4 is 0 Å². The molecule has 0 radical (unpaired) electrons. The van der Waals surface area contributed by atoms with Crippen LogP contribution in [0.1, 0.15) is 49.0 Å². The molecule has 2 aromatic rings. The smallest absolute Gasteiger partial charge is 0.242 e. The Hall–Kier alpha value is -2.40. The van der Waals surface area contributed by atoms with E-state index in [4.69, 9.17) is 0 Å². The van der Waals surface area contributed by atoms with Crippen molar-refractivity contribution in [3.8, 4) is 0 Å². The molecule has 0 atom stereocenters. The summed E-state index contributed by atoms with van der Waals surface area (Å²) in [7, 11) is 0. The molecule has 1 aliphatic carbocycles. The molecular formula is C25H32N2O2S. The van der Waals surface area contributed by atoms with Gasteiger partial charge in [0.2, 0.25) is 11.8 Å². The molecule has 4 nitrogen and oxygen atoms in total. The fourth-order valence-electron chi connectivity index (χ4n) is 4.09. The van der Waals surface area contributed by atoms with Crippen molar-refractivity contribution in [2.45, 2.75) is 51.6 Å². The number of rotatable bonds is 11. The Morgan fingerprint density at radius 1 is 1.00 bits per heavy atom. The fraction of sp³-hybridized carbons (Fsp3) is 0.440. The number of carbonyl (C=O) groups excluding carboxylic acids is 2. The Morgan fingerprint density at radius 2 is 1.77 bits per heavy atom. The maximum absolute atomic E-state index is 13.2. The normalized spacial score (nSPS) is 13.9. The average Bonchev–Trinajstić information content (AvgIpc) is 3.46. The van der Waals surface area contributed by atoms with Crippen LogP contribution in [0.5, 0.6) is 0 Å². The van der Waals surface area contributed by atoms with Crippen LogP contribution in [0.2, 0.25) is 0 Å².